The minimum atomic E-state index is -0.629. The Bertz CT molecular complexity index is 717. The number of amides is 1. The third-order valence-electron chi connectivity index (χ3n) is 4.26. The number of carbonyl (C=O) groups is 1. The number of β-amino-alcohol motifs (C(OH)–C–C–N with tert-alkyl or cyclic N) is 1. The SMILES string of the molecule is NC(=O)c1ccccc1OC[C@@H](O)CN1CCc2ccccc2C1. The molecule has 0 fully saturated rings. The number of primary amides is 1. The minimum absolute atomic E-state index is 0.127. The quantitative estimate of drug-likeness (QED) is 0.845. The first-order valence-corrected chi connectivity index (χ1v) is 8.12. The fourth-order valence-electron chi connectivity index (χ4n) is 3.04. The smallest absolute Gasteiger partial charge is 0.252 e. The normalized spacial score (nSPS) is 15.5. The first-order chi connectivity index (χ1) is 11.6. The van der Waals surface area contributed by atoms with Crippen molar-refractivity contribution in [2.24, 2.45) is 5.73 Å². The Labute approximate surface area is 141 Å². The maximum atomic E-state index is 11.4. The molecule has 0 bridgehead atoms. The zero-order valence-corrected chi connectivity index (χ0v) is 13.5. The molecule has 0 aromatic heterocycles. The number of rotatable bonds is 6. The van der Waals surface area contributed by atoms with Gasteiger partial charge in [0.1, 0.15) is 18.5 Å². The van der Waals surface area contributed by atoms with Gasteiger partial charge in [0.15, 0.2) is 0 Å². The number of aliphatic hydroxyl groups is 1. The Hall–Kier alpha value is -2.37. The van der Waals surface area contributed by atoms with Crippen LogP contribution in [-0.2, 0) is 13.0 Å². The Kier molecular flexibility index (Phi) is 5.13. The van der Waals surface area contributed by atoms with Crippen LogP contribution in [0.25, 0.3) is 0 Å². The van der Waals surface area contributed by atoms with Gasteiger partial charge in [-0.2, -0.15) is 0 Å². The Morgan fingerprint density at radius 3 is 2.67 bits per heavy atom. The maximum Gasteiger partial charge on any atom is 0.252 e. The predicted octanol–water partition coefficient (Wildman–Crippen LogP) is 1.58. The summed E-state index contributed by atoms with van der Waals surface area (Å²) in [5.41, 5.74) is 8.36. The van der Waals surface area contributed by atoms with Gasteiger partial charge in [0.25, 0.3) is 5.91 Å². The highest BCUT2D eigenvalue weighted by atomic mass is 16.5. The number of ether oxygens (including phenoxy) is 1. The molecule has 1 aliphatic rings. The monoisotopic (exact) mass is 326 g/mol. The van der Waals surface area contributed by atoms with Crippen molar-refractivity contribution in [1.82, 2.24) is 4.90 Å². The van der Waals surface area contributed by atoms with Crippen LogP contribution in [0.4, 0.5) is 0 Å². The number of aliphatic hydroxyl groups excluding tert-OH is 1. The van der Waals surface area contributed by atoms with Crippen molar-refractivity contribution in [3.63, 3.8) is 0 Å². The Balaban J connectivity index is 1.54. The minimum Gasteiger partial charge on any atom is -0.490 e. The van der Waals surface area contributed by atoms with Crippen LogP contribution < -0.4 is 10.5 Å². The van der Waals surface area contributed by atoms with E-state index in [1.807, 2.05) is 6.07 Å². The van der Waals surface area contributed by atoms with Gasteiger partial charge in [-0.05, 0) is 29.7 Å². The lowest BCUT2D eigenvalue weighted by Gasteiger charge is -2.30. The van der Waals surface area contributed by atoms with Gasteiger partial charge in [0, 0.05) is 19.6 Å². The van der Waals surface area contributed by atoms with Crippen molar-refractivity contribution in [3.05, 3.63) is 65.2 Å². The molecule has 0 saturated carbocycles. The van der Waals surface area contributed by atoms with Gasteiger partial charge >= 0.3 is 0 Å². The lowest BCUT2D eigenvalue weighted by atomic mass is 10.00. The largest absolute Gasteiger partial charge is 0.490 e. The summed E-state index contributed by atoms with van der Waals surface area (Å²) in [6, 6.07) is 15.2. The summed E-state index contributed by atoms with van der Waals surface area (Å²) in [5.74, 6) is -0.124. The molecular formula is C19H22N2O3. The first kappa shape index (κ1) is 16.5. The second-order valence-electron chi connectivity index (χ2n) is 6.08. The van der Waals surface area contributed by atoms with Gasteiger partial charge in [-0.1, -0.05) is 36.4 Å². The van der Waals surface area contributed by atoms with Crippen molar-refractivity contribution in [1.29, 1.82) is 0 Å². The molecule has 1 heterocycles. The molecule has 2 aromatic carbocycles. The Morgan fingerprint density at radius 1 is 1.17 bits per heavy atom. The lowest BCUT2D eigenvalue weighted by molar-refractivity contribution is 0.0631. The van der Waals surface area contributed by atoms with E-state index in [1.165, 1.54) is 11.1 Å². The third-order valence-corrected chi connectivity index (χ3v) is 4.26. The van der Waals surface area contributed by atoms with Crippen LogP contribution in [0.2, 0.25) is 0 Å². The zero-order chi connectivity index (χ0) is 16.9. The van der Waals surface area contributed by atoms with E-state index in [9.17, 15) is 9.90 Å². The molecule has 5 heteroatoms. The molecule has 1 aliphatic heterocycles. The molecule has 24 heavy (non-hydrogen) atoms. The summed E-state index contributed by atoms with van der Waals surface area (Å²) >= 11 is 0. The number of fused-ring (bicyclic) bond motifs is 1. The van der Waals surface area contributed by atoms with E-state index < -0.39 is 12.0 Å². The predicted molar refractivity (Wildman–Crippen MR) is 91.9 cm³/mol. The van der Waals surface area contributed by atoms with Gasteiger partial charge in [-0.3, -0.25) is 9.69 Å². The fraction of sp³-hybridized carbons (Fsp3) is 0.316. The average Bonchev–Trinajstić information content (AvgIpc) is 2.60. The van der Waals surface area contributed by atoms with Crippen LogP contribution in [0.3, 0.4) is 0 Å². The molecule has 0 unspecified atom stereocenters. The molecule has 0 saturated heterocycles. The average molecular weight is 326 g/mol. The van der Waals surface area contributed by atoms with Gasteiger partial charge in [-0.15, -0.1) is 0 Å². The Morgan fingerprint density at radius 2 is 1.88 bits per heavy atom. The van der Waals surface area contributed by atoms with Crippen LogP contribution in [0.5, 0.6) is 5.75 Å². The van der Waals surface area contributed by atoms with Crippen LogP contribution in [-0.4, -0.2) is 41.7 Å². The van der Waals surface area contributed by atoms with E-state index in [-0.39, 0.29) is 6.61 Å². The first-order valence-electron chi connectivity index (χ1n) is 8.12. The van der Waals surface area contributed by atoms with Crippen molar-refractivity contribution in [2.45, 2.75) is 19.1 Å². The molecule has 2 aromatic rings. The summed E-state index contributed by atoms with van der Waals surface area (Å²) in [7, 11) is 0. The molecule has 5 nitrogen and oxygen atoms in total. The van der Waals surface area contributed by atoms with E-state index in [0.29, 0.717) is 17.9 Å². The number of benzene rings is 2. The molecule has 0 radical (unpaired) electrons. The van der Waals surface area contributed by atoms with E-state index in [2.05, 4.69) is 23.1 Å². The number of hydrogen-bond acceptors (Lipinski definition) is 4. The molecule has 1 atom stereocenters. The summed E-state index contributed by atoms with van der Waals surface area (Å²) in [6.45, 7) is 2.42. The zero-order valence-electron chi connectivity index (χ0n) is 13.5. The van der Waals surface area contributed by atoms with Crippen molar-refractivity contribution in [3.8, 4) is 5.75 Å². The molecule has 3 rings (SSSR count). The second kappa shape index (κ2) is 7.47. The van der Waals surface area contributed by atoms with Gasteiger partial charge in [0.2, 0.25) is 0 Å². The summed E-state index contributed by atoms with van der Waals surface area (Å²) < 4.78 is 5.59. The van der Waals surface area contributed by atoms with Crippen LogP contribution in [0, 0.1) is 0 Å². The van der Waals surface area contributed by atoms with Crippen LogP contribution >= 0.6 is 0 Å². The maximum absolute atomic E-state index is 11.4. The number of nitrogens with zero attached hydrogens (tertiary/aromatic N) is 1. The van der Waals surface area contributed by atoms with Crippen molar-refractivity contribution in [2.75, 3.05) is 19.7 Å². The molecule has 3 N–H and O–H groups in total. The highest BCUT2D eigenvalue weighted by molar-refractivity contribution is 5.95. The number of para-hydroxylation sites is 1. The molecule has 1 amide bonds. The standard InChI is InChI=1S/C19H22N2O3/c20-19(23)17-7-3-4-8-18(17)24-13-16(22)12-21-10-9-14-5-1-2-6-15(14)11-21/h1-8,16,22H,9-13H2,(H2,20,23)/t16-/m0/s1. The van der Waals surface area contributed by atoms with E-state index in [4.69, 9.17) is 10.5 Å². The van der Waals surface area contributed by atoms with Gasteiger partial charge in [-0.25, -0.2) is 0 Å². The van der Waals surface area contributed by atoms with Crippen molar-refractivity contribution < 1.29 is 14.6 Å². The van der Waals surface area contributed by atoms with Crippen LogP contribution in [0.15, 0.2) is 48.5 Å². The lowest BCUT2D eigenvalue weighted by Crippen LogP contribution is -2.38. The highest BCUT2D eigenvalue weighted by Gasteiger charge is 2.19. The second-order valence-corrected chi connectivity index (χ2v) is 6.08. The van der Waals surface area contributed by atoms with E-state index >= 15 is 0 Å². The van der Waals surface area contributed by atoms with Crippen molar-refractivity contribution >= 4 is 5.91 Å². The van der Waals surface area contributed by atoms with E-state index in [0.717, 1.165) is 19.5 Å². The highest BCUT2D eigenvalue weighted by Crippen LogP contribution is 2.20. The molecular weight excluding hydrogens is 304 g/mol. The summed E-state index contributed by atoms with van der Waals surface area (Å²) in [5, 5.41) is 10.3. The number of nitrogens with two attached hydrogens (primary N) is 1. The summed E-state index contributed by atoms with van der Waals surface area (Å²) in [6.07, 6.45) is 0.366. The molecule has 0 spiro atoms. The number of hydrogen-bond donors (Lipinski definition) is 2. The van der Waals surface area contributed by atoms with Crippen LogP contribution in [0.1, 0.15) is 21.5 Å². The number of carbonyl (C=O) groups excluding carboxylic acids is 1. The van der Waals surface area contributed by atoms with E-state index in [1.54, 1.807) is 24.3 Å². The molecule has 126 valence electrons. The fourth-order valence-corrected chi connectivity index (χ4v) is 3.04. The van der Waals surface area contributed by atoms with Gasteiger partial charge < -0.3 is 15.6 Å². The molecule has 0 aliphatic carbocycles. The topological polar surface area (TPSA) is 75.8 Å². The third kappa shape index (κ3) is 3.93. The van der Waals surface area contributed by atoms with Gasteiger partial charge in [0.05, 0.1) is 5.56 Å². The summed E-state index contributed by atoms with van der Waals surface area (Å²) in [4.78, 5) is 13.6.